The molecule has 0 saturated heterocycles. The molecular formula is C10H14O4. The Balaban J connectivity index is 2.34. The van der Waals surface area contributed by atoms with Crippen molar-refractivity contribution in [2.24, 2.45) is 0 Å². The second-order valence-electron chi connectivity index (χ2n) is 2.94. The van der Waals surface area contributed by atoms with Crippen LogP contribution in [-0.2, 0) is 22.7 Å². The van der Waals surface area contributed by atoms with Gasteiger partial charge in [-0.05, 0) is 18.6 Å². The van der Waals surface area contributed by atoms with Gasteiger partial charge in [-0.15, -0.1) is 0 Å². The number of aliphatic hydroxyl groups is 1. The van der Waals surface area contributed by atoms with Crippen molar-refractivity contribution in [3.63, 3.8) is 0 Å². The molecular weight excluding hydrogens is 184 g/mol. The maximum atomic E-state index is 11.0. The molecule has 0 fully saturated rings. The fourth-order valence-corrected chi connectivity index (χ4v) is 1.01. The fourth-order valence-electron chi connectivity index (χ4n) is 1.01. The van der Waals surface area contributed by atoms with Crippen molar-refractivity contribution in [2.45, 2.75) is 33.0 Å². The highest BCUT2D eigenvalue weighted by molar-refractivity contribution is 5.69. The van der Waals surface area contributed by atoms with Crippen LogP contribution in [-0.4, -0.2) is 11.1 Å². The monoisotopic (exact) mass is 198 g/mol. The third-order valence-electron chi connectivity index (χ3n) is 1.70. The molecule has 0 bridgehead atoms. The second-order valence-corrected chi connectivity index (χ2v) is 2.94. The predicted octanol–water partition coefficient (Wildman–Crippen LogP) is 1.62. The normalized spacial score (nSPS) is 10.1. The van der Waals surface area contributed by atoms with Crippen LogP contribution in [0.5, 0.6) is 0 Å². The number of rotatable bonds is 5. The molecule has 0 spiro atoms. The highest BCUT2D eigenvalue weighted by Gasteiger charge is 2.04. The number of hydrogen-bond acceptors (Lipinski definition) is 4. The number of aliphatic hydroxyl groups excluding tert-OH is 1. The zero-order chi connectivity index (χ0) is 10.4. The maximum absolute atomic E-state index is 11.0. The summed E-state index contributed by atoms with van der Waals surface area (Å²) < 4.78 is 10.0. The number of carbonyl (C=O) groups excluding carboxylic acids is 1. The van der Waals surface area contributed by atoms with Gasteiger partial charge in [0, 0.05) is 6.42 Å². The average molecular weight is 198 g/mol. The molecule has 1 rings (SSSR count). The largest absolute Gasteiger partial charge is 0.460 e. The minimum atomic E-state index is -0.227. The quantitative estimate of drug-likeness (QED) is 0.730. The van der Waals surface area contributed by atoms with Gasteiger partial charge in [-0.25, -0.2) is 0 Å². The topological polar surface area (TPSA) is 59.7 Å². The van der Waals surface area contributed by atoms with Crippen LogP contribution in [0.2, 0.25) is 0 Å². The van der Waals surface area contributed by atoms with Crippen molar-refractivity contribution in [1.29, 1.82) is 0 Å². The van der Waals surface area contributed by atoms with E-state index in [2.05, 4.69) is 0 Å². The molecule has 1 aromatic rings. The second kappa shape index (κ2) is 5.44. The molecule has 0 amide bonds. The average Bonchev–Trinajstić information content (AvgIpc) is 2.63. The third-order valence-corrected chi connectivity index (χ3v) is 1.70. The third kappa shape index (κ3) is 3.22. The van der Waals surface area contributed by atoms with E-state index in [1.165, 1.54) is 0 Å². The van der Waals surface area contributed by atoms with Crippen molar-refractivity contribution in [3.05, 3.63) is 23.7 Å². The van der Waals surface area contributed by atoms with E-state index in [0.29, 0.717) is 17.9 Å². The van der Waals surface area contributed by atoms with Gasteiger partial charge in [0.1, 0.15) is 24.7 Å². The Labute approximate surface area is 82.5 Å². The summed E-state index contributed by atoms with van der Waals surface area (Å²) in [6.45, 7) is 1.92. The van der Waals surface area contributed by atoms with Gasteiger partial charge in [0.15, 0.2) is 0 Å². The fraction of sp³-hybridized carbons (Fsp3) is 0.500. The first-order valence-corrected chi connectivity index (χ1v) is 4.60. The van der Waals surface area contributed by atoms with E-state index in [4.69, 9.17) is 14.3 Å². The maximum Gasteiger partial charge on any atom is 0.306 e. The Hall–Kier alpha value is -1.29. The van der Waals surface area contributed by atoms with Gasteiger partial charge in [-0.3, -0.25) is 4.79 Å². The lowest BCUT2D eigenvalue weighted by molar-refractivity contribution is -0.145. The van der Waals surface area contributed by atoms with Gasteiger partial charge in [0.05, 0.1) is 0 Å². The van der Waals surface area contributed by atoms with Crippen molar-refractivity contribution in [3.8, 4) is 0 Å². The lowest BCUT2D eigenvalue weighted by atomic mass is 10.3. The molecule has 0 aromatic carbocycles. The van der Waals surface area contributed by atoms with Crippen LogP contribution in [0, 0.1) is 0 Å². The van der Waals surface area contributed by atoms with Crippen LogP contribution in [0.4, 0.5) is 0 Å². The molecule has 0 atom stereocenters. The molecule has 78 valence electrons. The number of ether oxygens (including phenoxy) is 1. The summed E-state index contributed by atoms with van der Waals surface area (Å²) >= 11 is 0. The first-order valence-electron chi connectivity index (χ1n) is 4.60. The minimum Gasteiger partial charge on any atom is -0.460 e. The van der Waals surface area contributed by atoms with Crippen LogP contribution in [0.25, 0.3) is 0 Å². The first-order chi connectivity index (χ1) is 6.76. The Bertz CT molecular complexity index is 290. The summed E-state index contributed by atoms with van der Waals surface area (Å²) in [5, 5.41) is 8.71. The Kier molecular flexibility index (Phi) is 4.19. The Morgan fingerprint density at radius 1 is 1.50 bits per heavy atom. The van der Waals surface area contributed by atoms with E-state index in [1.807, 2.05) is 6.92 Å². The molecule has 4 nitrogen and oxygen atoms in total. The standard InChI is InChI=1S/C10H14O4/c1-2-3-10(12)13-7-9-5-4-8(6-11)14-9/h4-5,11H,2-3,6-7H2,1H3. The summed E-state index contributed by atoms with van der Waals surface area (Å²) in [5.41, 5.74) is 0. The summed E-state index contributed by atoms with van der Waals surface area (Å²) in [4.78, 5) is 11.0. The SMILES string of the molecule is CCCC(=O)OCc1ccc(CO)o1. The smallest absolute Gasteiger partial charge is 0.306 e. The molecule has 0 aliphatic rings. The Morgan fingerprint density at radius 2 is 2.21 bits per heavy atom. The number of esters is 1. The van der Waals surface area contributed by atoms with Crippen molar-refractivity contribution >= 4 is 5.97 Å². The summed E-state index contributed by atoms with van der Waals surface area (Å²) in [6.07, 6.45) is 1.20. The zero-order valence-electron chi connectivity index (χ0n) is 8.16. The van der Waals surface area contributed by atoms with E-state index in [1.54, 1.807) is 12.1 Å². The molecule has 1 heterocycles. The molecule has 0 aliphatic heterocycles. The highest BCUT2D eigenvalue weighted by Crippen LogP contribution is 2.09. The number of furan rings is 1. The van der Waals surface area contributed by atoms with Gasteiger partial charge < -0.3 is 14.3 Å². The van der Waals surface area contributed by atoms with Crippen LogP contribution in [0.15, 0.2) is 16.5 Å². The predicted molar refractivity (Wildman–Crippen MR) is 49.3 cm³/mol. The van der Waals surface area contributed by atoms with E-state index < -0.39 is 0 Å². The molecule has 14 heavy (non-hydrogen) atoms. The van der Waals surface area contributed by atoms with E-state index >= 15 is 0 Å². The Morgan fingerprint density at radius 3 is 2.79 bits per heavy atom. The zero-order valence-corrected chi connectivity index (χ0v) is 8.16. The van der Waals surface area contributed by atoms with E-state index in [0.717, 1.165) is 6.42 Å². The van der Waals surface area contributed by atoms with Crippen molar-refractivity contribution < 1.29 is 19.1 Å². The van der Waals surface area contributed by atoms with Crippen LogP contribution in [0.1, 0.15) is 31.3 Å². The highest BCUT2D eigenvalue weighted by atomic mass is 16.5. The molecule has 4 heteroatoms. The van der Waals surface area contributed by atoms with Crippen LogP contribution < -0.4 is 0 Å². The van der Waals surface area contributed by atoms with Crippen LogP contribution >= 0.6 is 0 Å². The minimum absolute atomic E-state index is 0.136. The van der Waals surface area contributed by atoms with Gasteiger partial charge in [0.25, 0.3) is 0 Å². The van der Waals surface area contributed by atoms with Crippen molar-refractivity contribution in [1.82, 2.24) is 0 Å². The summed E-state index contributed by atoms with van der Waals surface area (Å²) in [5.74, 6) is 0.805. The van der Waals surface area contributed by atoms with Gasteiger partial charge in [-0.2, -0.15) is 0 Å². The molecule has 0 unspecified atom stereocenters. The molecule has 0 saturated carbocycles. The molecule has 0 aliphatic carbocycles. The molecule has 0 radical (unpaired) electrons. The van der Waals surface area contributed by atoms with Crippen LogP contribution in [0.3, 0.4) is 0 Å². The lowest BCUT2D eigenvalue weighted by Gasteiger charge is -2.00. The number of carbonyl (C=O) groups is 1. The first kappa shape index (κ1) is 10.8. The van der Waals surface area contributed by atoms with Gasteiger partial charge >= 0.3 is 5.97 Å². The summed E-state index contributed by atoms with van der Waals surface area (Å²) in [6, 6.07) is 3.34. The van der Waals surface area contributed by atoms with Gasteiger partial charge in [0.2, 0.25) is 0 Å². The molecule has 1 N–H and O–H groups in total. The summed E-state index contributed by atoms with van der Waals surface area (Å²) in [7, 11) is 0. The van der Waals surface area contributed by atoms with E-state index in [9.17, 15) is 4.79 Å². The van der Waals surface area contributed by atoms with Crippen molar-refractivity contribution in [2.75, 3.05) is 0 Å². The number of hydrogen-bond donors (Lipinski definition) is 1. The van der Waals surface area contributed by atoms with Gasteiger partial charge in [-0.1, -0.05) is 6.92 Å². The molecule has 1 aromatic heterocycles. The lowest BCUT2D eigenvalue weighted by Crippen LogP contribution is -2.02. The van der Waals surface area contributed by atoms with E-state index in [-0.39, 0.29) is 19.2 Å².